The topological polar surface area (TPSA) is 101 Å². The van der Waals surface area contributed by atoms with Gasteiger partial charge in [0, 0.05) is 25.2 Å². The fraction of sp³-hybridized carbons (Fsp3) is 0.0909. The van der Waals surface area contributed by atoms with Crippen molar-refractivity contribution in [3.63, 3.8) is 0 Å². The first-order valence-electron chi connectivity index (χ1n) is 8.59. The highest BCUT2D eigenvalue weighted by molar-refractivity contribution is 7.80. The maximum absolute atomic E-state index is 12.1. The van der Waals surface area contributed by atoms with Crippen LogP contribution in [0.2, 0.25) is 0 Å². The molecule has 2 aromatic carbocycles. The predicted octanol–water partition coefficient (Wildman–Crippen LogP) is 3.44. The molecule has 1 amide bonds. The Morgan fingerprint density at radius 1 is 0.897 bits per heavy atom. The van der Waals surface area contributed by atoms with Gasteiger partial charge in [0.05, 0.1) is 10.6 Å². The Labute approximate surface area is 173 Å². The third-order valence-electron chi connectivity index (χ3n) is 4.46. The van der Waals surface area contributed by atoms with E-state index in [4.69, 9.17) is 0 Å². The Hall–Kier alpha value is -3.81. The molecule has 0 fully saturated rings. The van der Waals surface area contributed by atoms with Crippen LogP contribution in [-0.4, -0.2) is 29.9 Å². The molecule has 0 bridgehead atoms. The Balaban J connectivity index is 2.03. The second-order valence-electron chi connectivity index (χ2n) is 6.51. The molecule has 0 saturated heterocycles. The number of hydrogen-bond acceptors (Lipinski definition) is 5. The number of aromatic nitrogens is 1. The Morgan fingerprint density at radius 3 is 1.86 bits per heavy atom. The Kier molecular flexibility index (Phi) is 5.54. The molecule has 0 aliphatic rings. The maximum Gasteiger partial charge on any atom is 0.267 e. The third-order valence-corrected chi connectivity index (χ3v) is 4.80. The summed E-state index contributed by atoms with van der Waals surface area (Å²) in [5, 5.41) is 19.0. The molecule has 0 unspecified atom stereocenters. The molecule has 7 heteroatoms. The van der Waals surface area contributed by atoms with E-state index in [2.05, 4.69) is 17.6 Å². The van der Waals surface area contributed by atoms with Crippen LogP contribution in [0.25, 0.3) is 22.3 Å². The second kappa shape index (κ2) is 8.05. The standard InChI is InChI=1S/C22H16N4O2S/c1-26(2)22(28)16-9-5-14(6-10-16)13-3-7-15(8-4-13)19-17(11-23)20(27)25-21(29)18(19)12-24/h3-10H,1-2H3,(H2,25,27,29). The van der Waals surface area contributed by atoms with Gasteiger partial charge in [0.1, 0.15) is 17.7 Å². The van der Waals surface area contributed by atoms with Gasteiger partial charge in [0.2, 0.25) is 0 Å². The van der Waals surface area contributed by atoms with Gasteiger partial charge in [-0.25, -0.2) is 0 Å². The number of amides is 1. The van der Waals surface area contributed by atoms with Crippen molar-refractivity contribution >= 4 is 18.5 Å². The van der Waals surface area contributed by atoms with E-state index in [1.807, 2.05) is 36.4 Å². The highest BCUT2D eigenvalue weighted by Gasteiger charge is 2.18. The number of nitriles is 2. The van der Waals surface area contributed by atoms with Crippen LogP contribution in [0.1, 0.15) is 21.5 Å². The fourth-order valence-corrected chi connectivity index (χ4v) is 3.25. The number of hydrogen-bond donors (Lipinski definition) is 2. The molecule has 3 aromatic rings. The van der Waals surface area contributed by atoms with Gasteiger partial charge < -0.3 is 9.88 Å². The summed E-state index contributed by atoms with van der Waals surface area (Å²) >= 11 is 4.15. The molecular weight excluding hydrogens is 384 g/mol. The zero-order valence-corrected chi connectivity index (χ0v) is 16.6. The molecule has 0 radical (unpaired) electrons. The molecule has 1 heterocycles. The van der Waals surface area contributed by atoms with Gasteiger partial charge in [-0.05, 0) is 28.8 Å². The van der Waals surface area contributed by atoms with E-state index < -0.39 is 5.56 Å². The molecule has 1 N–H and O–H groups in total. The number of H-pyrrole nitrogens is 1. The smallest absolute Gasteiger partial charge is 0.267 e. The van der Waals surface area contributed by atoms with Gasteiger partial charge in [-0.3, -0.25) is 9.59 Å². The monoisotopic (exact) mass is 400 g/mol. The van der Waals surface area contributed by atoms with Crippen molar-refractivity contribution in [2.75, 3.05) is 14.1 Å². The first-order chi connectivity index (χ1) is 13.9. The minimum atomic E-state index is -0.586. The van der Waals surface area contributed by atoms with Crippen molar-refractivity contribution in [1.29, 1.82) is 10.5 Å². The lowest BCUT2D eigenvalue weighted by Gasteiger charge is -2.11. The number of rotatable bonds is 3. The normalized spacial score (nSPS) is 10.1. The molecule has 1 aromatic heterocycles. The van der Waals surface area contributed by atoms with E-state index in [9.17, 15) is 20.1 Å². The molecule has 3 rings (SSSR count). The molecule has 0 saturated carbocycles. The molecule has 0 atom stereocenters. The van der Waals surface area contributed by atoms with Crippen molar-refractivity contribution in [2.24, 2.45) is 0 Å². The van der Waals surface area contributed by atoms with Crippen molar-refractivity contribution < 1.29 is 4.79 Å². The van der Waals surface area contributed by atoms with Crippen LogP contribution < -0.4 is 5.56 Å². The summed E-state index contributed by atoms with van der Waals surface area (Å²) in [6.45, 7) is 0. The summed E-state index contributed by atoms with van der Waals surface area (Å²) in [6.07, 6.45) is 0. The highest BCUT2D eigenvalue weighted by Crippen LogP contribution is 2.30. The molecule has 142 valence electrons. The highest BCUT2D eigenvalue weighted by atomic mass is 32.1. The van der Waals surface area contributed by atoms with E-state index in [1.54, 1.807) is 38.4 Å². The quantitative estimate of drug-likeness (QED) is 0.658. The van der Waals surface area contributed by atoms with Crippen LogP contribution in [0.4, 0.5) is 0 Å². The number of carbonyl (C=O) groups is 1. The number of nitrogens with zero attached hydrogens (tertiary/aromatic N) is 3. The summed E-state index contributed by atoms with van der Waals surface area (Å²) in [5.74, 6) is -0.0724. The van der Waals surface area contributed by atoms with Gasteiger partial charge in [-0.15, -0.1) is 12.6 Å². The van der Waals surface area contributed by atoms with E-state index in [0.717, 1.165) is 11.1 Å². The number of pyridine rings is 1. The summed E-state index contributed by atoms with van der Waals surface area (Å²) in [6, 6.07) is 18.3. The zero-order chi connectivity index (χ0) is 21.1. The van der Waals surface area contributed by atoms with Crippen LogP contribution in [0.5, 0.6) is 0 Å². The SMILES string of the molecule is CN(C)C(=O)c1ccc(-c2ccc(-c3c(C#N)c(S)[nH]c(=O)c3C#N)cc2)cc1. The van der Waals surface area contributed by atoms with Crippen molar-refractivity contribution in [2.45, 2.75) is 5.03 Å². The molecule has 6 nitrogen and oxygen atoms in total. The minimum Gasteiger partial charge on any atom is -0.345 e. The van der Waals surface area contributed by atoms with E-state index >= 15 is 0 Å². The van der Waals surface area contributed by atoms with Crippen LogP contribution in [0.3, 0.4) is 0 Å². The Morgan fingerprint density at radius 2 is 1.38 bits per heavy atom. The summed E-state index contributed by atoms with van der Waals surface area (Å²) in [7, 11) is 3.40. The number of aromatic amines is 1. The average Bonchev–Trinajstić information content (AvgIpc) is 2.73. The number of thiol groups is 1. The van der Waals surface area contributed by atoms with Gasteiger partial charge in [0.15, 0.2) is 0 Å². The maximum atomic E-state index is 12.1. The van der Waals surface area contributed by atoms with Gasteiger partial charge in [-0.2, -0.15) is 10.5 Å². The van der Waals surface area contributed by atoms with E-state index in [1.165, 1.54) is 4.90 Å². The number of carbonyl (C=O) groups excluding carboxylic acids is 1. The second-order valence-corrected chi connectivity index (χ2v) is 6.95. The third kappa shape index (κ3) is 3.77. The Bertz CT molecular complexity index is 1230. The summed E-state index contributed by atoms with van der Waals surface area (Å²) in [5.41, 5.74) is 2.67. The predicted molar refractivity (Wildman–Crippen MR) is 113 cm³/mol. The number of nitrogens with one attached hydrogen (secondary N) is 1. The minimum absolute atomic E-state index is 0.0724. The van der Waals surface area contributed by atoms with Gasteiger partial charge in [0.25, 0.3) is 11.5 Å². The molecule has 0 spiro atoms. The zero-order valence-electron chi connectivity index (χ0n) is 15.7. The van der Waals surface area contributed by atoms with Crippen molar-refractivity contribution in [3.8, 4) is 34.4 Å². The first-order valence-corrected chi connectivity index (χ1v) is 9.04. The average molecular weight is 400 g/mol. The van der Waals surface area contributed by atoms with Crippen LogP contribution in [0, 0.1) is 22.7 Å². The fourth-order valence-electron chi connectivity index (χ4n) is 2.99. The largest absolute Gasteiger partial charge is 0.345 e. The lowest BCUT2D eigenvalue weighted by atomic mass is 9.95. The van der Waals surface area contributed by atoms with Crippen molar-refractivity contribution in [3.05, 3.63) is 75.6 Å². The van der Waals surface area contributed by atoms with Crippen molar-refractivity contribution in [1.82, 2.24) is 9.88 Å². The molecule has 0 aliphatic carbocycles. The van der Waals surface area contributed by atoms with Crippen LogP contribution >= 0.6 is 12.6 Å². The van der Waals surface area contributed by atoms with E-state index in [0.29, 0.717) is 11.1 Å². The molecule has 0 aliphatic heterocycles. The summed E-state index contributed by atoms with van der Waals surface area (Å²) in [4.78, 5) is 28.0. The van der Waals surface area contributed by atoms with Crippen LogP contribution in [0.15, 0.2) is 58.4 Å². The lowest BCUT2D eigenvalue weighted by Crippen LogP contribution is -2.21. The lowest BCUT2D eigenvalue weighted by molar-refractivity contribution is 0.0827. The molecule has 29 heavy (non-hydrogen) atoms. The van der Waals surface area contributed by atoms with Gasteiger partial charge >= 0.3 is 0 Å². The van der Waals surface area contributed by atoms with Gasteiger partial charge in [-0.1, -0.05) is 36.4 Å². The van der Waals surface area contributed by atoms with E-state index in [-0.39, 0.29) is 27.6 Å². The first kappa shape index (κ1) is 19.9. The summed E-state index contributed by atoms with van der Waals surface area (Å²) < 4.78 is 0. The number of benzene rings is 2. The van der Waals surface area contributed by atoms with Crippen LogP contribution in [-0.2, 0) is 0 Å². The molecular formula is C22H16N4O2S.